The highest BCUT2D eigenvalue weighted by atomic mass is 79.9. The molecule has 2 rings (SSSR count). The normalized spacial score (nSPS) is 11.8. The molecule has 8 heteroatoms. The topological polar surface area (TPSA) is 85.1 Å². The van der Waals surface area contributed by atoms with Gasteiger partial charge in [0, 0.05) is 12.6 Å². The van der Waals surface area contributed by atoms with Crippen LogP contribution in [0.3, 0.4) is 0 Å². The van der Waals surface area contributed by atoms with Crippen LogP contribution in [0.5, 0.6) is 0 Å². The number of carbonyl (C=O) groups excluding carboxylic acids is 2. The molecule has 5 nitrogen and oxygen atoms in total. The summed E-state index contributed by atoms with van der Waals surface area (Å²) in [6.45, 7) is 0. The minimum Gasteiger partial charge on any atom is -0.368 e. The van der Waals surface area contributed by atoms with Crippen molar-refractivity contribution in [3.63, 3.8) is 0 Å². The summed E-state index contributed by atoms with van der Waals surface area (Å²) in [6.07, 6.45) is 1.61. The number of carbonyl (C=O) groups is 2. The molecule has 1 atom stereocenters. The Labute approximate surface area is 139 Å². The van der Waals surface area contributed by atoms with Gasteiger partial charge in [0.2, 0.25) is 5.91 Å². The molecule has 0 saturated carbocycles. The number of halogens is 3. The molecule has 0 saturated heterocycles. The molecule has 23 heavy (non-hydrogen) atoms. The summed E-state index contributed by atoms with van der Waals surface area (Å²) < 4.78 is 27.3. The van der Waals surface area contributed by atoms with E-state index in [2.05, 4.69) is 26.2 Å². The zero-order valence-corrected chi connectivity index (χ0v) is 13.3. The van der Waals surface area contributed by atoms with E-state index >= 15 is 0 Å². The van der Waals surface area contributed by atoms with E-state index < -0.39 is 35.1 Å². The highest BCUT2D eigenvalue weighted by Crippen LogP contribution is 2.16. The summed E-state index contributed by atoms with van der Waals surface area (Å²) in [7, 11) is 0. The summed E-state index contributed by atoms with van der Waals surface area (Å²) in [5.74, 6) is -4.16. The molecule has 2 aromatic rings. The minimum absolute atomic E-state index is 0.0619. The van der Waals surface area contributed by atoms with Gasteiger partial charge in [-0.3, -0.25) is 9.59 Å². The van der Waals surface area contributed by atoms with E-state index in [1.165, 1.54) is 6.07 Å². The average molecular weight is 384 g/mol. The van der Waals surface area contributed by atoms with Crippen molar-refractivity contribution in [2.75, 3.05) is 0 Å². The third kappa shape index (κ3) is 4.10. The van der Waals surface area contributed by atoms with Gasteiger partial charge in [-0.25, -0.2) is 13.8 Å². The Morgan fingerprint density at radius 3 is 2.65 bits per heavy atom. The van der Waals surface area contributed by atoms with Crippen LogP contribution in [0.15, 0.2) is 41.1 Å². The summed E-state index contributed by atoms with van der Waals surface area (Å²) >= 11 is 3.22. The van der Waals surface area contributed by atoms with E-state index in [9.17, 15) is 18.4 Å². The molecule has 120 valence electrons. The molecular formula is C15H12BrF2N3O2. The van der Waals surface area contributed by atoms with Crippen molar-refractivity contribution in [2.24, 2.45) is 5.73 Å². The second-order valence-electron chi connectivity index (χ2n) is 4.69. The van der Waals surface area contributed by atoms with Gasteiger partial charge in [0.05, 0.1) is 5.56 Å². The predicted molar refractivity (Wildman–Crippen MR) is 82.4 cm³/mol. The lowest BCUT2D eigenvalue weighted by Gasteiger charge is -2.16. The molecule has 0 aliphatic rings. The van der Waals surface area contributed by atoms with Gasteiger partial charge in [-0.05, 0) is 39.7 Å². The summed E-state index contributed by atoms with van der Waals surface area (Å²) in [6, 6.07) is 5.47. The number of aromatic nitrogens is 1. The Bertz CT molecular complexity index is 755. The number of hydrogen-bond donors (Lipinski definition) is 2. The molecule has 0 aliphatic carbocycles. The van der Waals surface area contributed by atoms with Crippen LogP contribution in [0.1, 0.15) is 15.9 Å². The first-order valence-electron chi connectivity index (χ1n) is 6.53. The standard InChI is InChI=1S/C15H12BrF2N3O2/c16-13-8(3-2-6-20-13)7-11(14(19)22)21-15(23)9-4-1-5-10(17)12(9)18/h1-6,11H,7H2,(H2,19,22)(H,21,23)/t11-/m1/s1. The Hall–Kier alpha value is -2.35. The molecule has 0 unspecified atom stereocenters. The molecule has 0 radical (unpaired) electrons. The third-order valence-corrected chi connectivity index (χ3v) is 3.82. The van der Waals surface area contributed by atoms with E-state index in [1.54, 1.807) is 18.3 Å². The molecule has 0 spiro atoms. The number of hydrogen-bond acceptors (Lipinski definition) is 3. The van der Waals surface area contributed by atoms with Crippen molar-refractivity contribution in [2.45, 2.75) is 12.5 Å². The van der Waals surface area contributed by atoms with Crippen LogP contribution in [0.4, 0.5) is 8.78 Å². The van der Waals surface area contributed by atoms with Crippen LogP contribution >= 0.6 is 15.9 Å². The number of amides is 2. The molecule has 1 heterocycles. The summed E-state index contributed by atoms with van der Waals surface area (Å²) in [5.41, 5.74) is 5.41. The fourth-order valence-corrected chi connectivity index (χ4v) is 2.34. The Morgan fingerprint density at radius 2 is 2.00 bits per heavy atom. The van der Waals surface area contributed by atoms with Crippen LogP contribution in [-0.2, 0) is 11.2 Å². The number of nitrogens with one attached hydrogen (secondary N) is 1. The van der Waals surface area contributed by atoms with Crippen molar-refractivity contribution >= 4 is 27.7 Å². The van der Waals surface area contributed by atoms with Gasteiger partial charge in [-0.15, -0.1) is 0 Å². The third-order valence-electron chi connectivity index (χ3n) is 3.11. The maximum absolute atomic E-state index is 13.6. The lowest BCUT2D eigenvalue weighted by Crippen LogP contribution is -2.46. The van der Waals surface area contributed by atoms with Gasteiger partial charge in [0.25, 0.3) is 5.91 Å². The van der Waals surface area contributed by atoms with E-state index in [-0.39, 0.29) is 6.42 Å². The zero-order chi connectivity index (χ0) is 17.0. The van der Waals surface area contributed by atoms with Crippen molar-refractivity contribution in [3.8, 4) is 0 Å². The second-order valence-corrected chi connectivity index (χ2v) is 5.44. The molecule has 2 amide bonds. The van der Waals surface area contributed by atoms with Crippen molar-refractivity contribution in [1.82, 2.24) is 10.3 Å². The molecule has 0 aliphatic heterocycles. The number of benzene rings is 1. The number of nitrogens with zero attached hydrogens (tertiary/aromatic N) is 1. The first-order chi connectivity index (χ1) is 10.9. The fraction of sp³-hybridized carbons (Fsp3) is 0.133. The first kappa shape index (κ1) is 17.0. The maximum atomic E-state index is 13.6. The molecular weight excluding hydrogens is 372 g/mol. The molecule has 0 fully saturated rings. The van der Waals surface area contributed by atoms with Crippen LogP contribution in [0, 0.1) is 11.6 Å². The average Bonchev–Trinajstić information content (AvgIpc) is 2.51. The fourth-order valence-electron chi connectivity index (χ4n) is 1.93. The van der Waals surface area contributed by atoms with E-state index in [1.807, 2.05) is 0 Å². The molecule has 3 N–H and O–H groups in total. The van der Waals surface area contributed by atoms with Gasteiger partial charge in [0.1, 0.15) is 10.6 Å². The largest absolute Gasteiger partial charge is 0.368 e. The molecule has 0 bridgehead atoms. The Kier molecular flexibility index (Phi) is 5.38. The van der Waals surface area contributed by atoms with Crippen molar-refractivity contribution in [1.29, 1.82) is 0 Å². The van der Waals surface area contributed by atoms with Gasteiger partial charge in [-0.1, -0.05) is 12.1 Å². The SMILES string of the molecule is NC(=O)[C@@H](Cc1cccnc1Br)NC(=O)c1cccc(F)c1F. The predicted octanol–water partition coefficient (Wildman–Crippen LogP) is 1.95. The monoisotopic (exact) mass is 383 g/mol. The quantitative estimate of drug-likeness (QED) is 0.773. The number of nitrogens with two attached hydrogens (primary N) is 1. The summed E-state index contributed by atoms with van der Waals surface area (Å²) in [5, 5.41) is 2.31. The van der Waals surface area contributed by atoms with Gasteiger partial charge < -0.3 is 11.1 Å². The van der Waals surface area contributed by atoms with E-state index in [0.29, 0.717) is 10.2 Å². The lowest BCUT2D eigenvalue weighted by atomic mass is 10.1. The Morgan fingerprint density at radius 1 is 1.26 bits per heavy atom. The van der Waals surface area contributed by atoms with E-state index in [4.69, 9.17) is 5.73 Å². The Balaban J connectivity index is 2.20. The lowest BCUT2D eigenvalue weighted by molar-refractivity contribution is -0.119. The number of pyridine rings is 1. The highest BCUT2D eigenvalue weighted by Gasteiger charge is 2.23. The van der Waals surface area contributed by atoms with Crippen molar-refractivity contribution < 1.29 is 18.4 Å². The minimum atomic E-state index is -1.28. The second kappa shape index (κ2) is 7.28. The van der Waals surface area contributed by atoms with Crippen LogP contribution in [-0.4, -0.2) is 22.8 Å². The van der Waals surface area contributed by atoms with Gasteiger partial charge in [0.15, 0.2) is 11.6 Å². The van der Waals surface area contributed by atoms with Gasteiger partial charge >= 0.3 is 0 Å². The molecule has 1 aromatic carbocycles. The number of primary amides is 1. The first-order valence-corrected chi connectivity index (χ1v) is 7.33. The summed E-state index contributed by atoms with van der Waals surface area (Å²) in [4.78, 5) is 27.6. The zero-order valence-electron chi connectivity index (χ0n) is 11.7. The van der Waals surface area contributed by atoms with Crippen LogP contribution in [0.25, 0.3) is 0 Å². The number of rotatable bonds is 5. The van der Waals surface area contributed by atoms with Gasteiger partial charge in [-0.2, -0.15) is 0 Å². The smallest absolute Gasteiger partial charge is 0.255 e. The molecule has 1 aromatic heterocycles. The maximum Gasteiger partial charge on any atom is 0.255 e. The van der Waals surface area contributed by atoms with Crippen LogP contribution < -0.4 is 11.1 Å². The van der Waals surface area contributed by atoms with Crippen LogP contribution in [0.2, 0.25) is 0 Å². The van der Waals surface area contributed by atoms with E-state index in [0.717, 1.165) is 12.1 Å². The van der Waals surface area contributed by atoms with Crippen molar-refractivity contribution in [3.05, 3.63) is 63.9 Å². The highest BCUT2D eigenvalue weighted by molar-refractivity contribution is 9.10.